The molecule has 186 valence electrons. The molecular formula is C27H33N3O4S. The van der Waals surface area contributed by atoms with Gasteiger partial charge in [-0.15, -0.1) is 0 Å². The van der Waals surface area contributed by atoms with Crippen molar-refractivity contribution in [3.63, 3.8) is 0 Å². The van der Waals surface area contributed by atoms with Gasteiger partial charge in [0.1, 0.15) is 5.54 Å². The molecule has 0 aromatic heterocycles. The molecule has 0 radical (unpaired) electrons. The maximum atomic E-state index is 13.6. The minimum atomic E-state index is -3.93. The number of sulfonamides is 1. The first-order chi connectivity index (χ1) is 16.8. The molecule has 7 nitrogen and oxygen atoms in total. The van der Waals surface area contributed by atoms with Crippen molar-refractivity contribution in [3.05, 3.63) is 77.9 Å². The molecule has 35 heavy (non-hydrogen) atoms. The van der Waals surface area contributed by atoms with Gasteiger partial charge in [-0.2, -0.15) is 4.31 Å². The summed E-state index contributed by atoms with van der Waals surface area (Å²) < 4.78 is 27.8. The number of nitrogens with zero attached hydrogens (tertiary/aromatic N) is 2. The number of nitrogens with one attached hydrogen (secondary N) is 1. The van der Waals surface area contributed by atoms with Crippen molar-refractivity contribution < 1.29 is 18.0 Å². The predicted octanol–water partition coefficient (Wildman–Crippen LogP) is 3.49. The second-order valence-corrected chi connectivity index (χ2v) is 11.4. The molecule has 1 unspecified atom stereocenters. The lowest BCUT2D eigenvalue weighted by Gasteiger charge is -2.47. The van der Waals surface area contributed by atoms with Gasteiger partial charge in [0.2, 0.25) is 21.8 Å². The SMILES string of the molecule is CC1(C(=O)NCc2ccccc2)CN(S(=O)(=O)c2ccccc2)CC(=O)N1CCC1=CCCCC1. The molecular weight excluding hydrogens is 462 g/mol. The van der Waals surface area contributed by atoms with Crippen molar-refractivity contribution in [2.45, 2.75) is 56.0 Å². The Morgan fingerprint density at radius 3 is 2.37 bits per heavy atom. The number of carbonyl (C=O) groups excluding carboxylic acids is 2. The largest absolute Gasteiger partial charge is 0.350 e. The van der Waals surface area contributed by atoms with Crippen molar-refractivity contribution in [2.75, 3.05) is 19.6 Å². The van der Waals surface area contributed by atoms with Crippen LogP contribution in [0.15, 0.2) is 77.2 Å². The lowest BCUT2D eigenvalue weighted by atomic mass is 9.92. The van der Waals surface area contributed by atoms with Gasteiger partial charge < -0.3 is 10.2 Å². The molecule has 1 aliphatic heterocycles. The zero-order chi connectivity index (χ0) is 24.9. The summed E-state index contributed by atoms with van der Waals surface area (Å²) in [5.74, 6) is -0.718. The van der Waals surface area contributed by atoms with Crippen LogP contribution in [0.25, 0.3) is 0 Å². The van der Waals surface area contributed by atoms with Gasteiger partial charge in [0, 0.05) is 19.6 Å². The highest BCUT2D eigenvalue weighted by molar-refractivity contribution is 7.89. The lowest BCUT2D eigenvalue weighted by Crippen LogP contribution is -2.69. The van der Waals surface area contributed by atoms with Gasteiger partial charge in [-0.05, 0) is 56.7 Å². The Morgan fingerprint density at radius 2 is 1.71 bits per heavy atom. The maximum absolute atomic E-state index is 13.6. The summed E-state index contributed by atoms with van der Waals surface area (Å²) in [6, 6.07) is 17.6. The monoisotopic (exact) mass is 495 g/mol. The number of benzene rings is 2. The first kappa shape index (κ1) is 25.1. The third-order valence-electron chi connectivity index (χ3n) is 6.90. The third kappa shape index (κ3) is 5.65. The standard InChI is InChI=1S/C27H33N3O4S/c1-27(26(32)28-19-23-13-7-3-8-14-23)21-29(35(33,34)24-15-9-4-10-16-24)20-25(31)30(27)18-17-22-11-5-2-6-12-22/h3-4,7-11,13-16H,2,5-6,12,17-21H2,1H3,(H,28,32). The van der Waals surface area contributed by atoms with E-state index in [4.69, 9.17) is 0 Å². The molecule has 2 aliphatic rings. The highest BCUT2D eigenvalue weighted by atomic mass is 32.2. The van der Waals surface area contributed by atoms with Gasteiger partial charge in [-0.3, -0.25) is 9.59 Å². The predicted molar refractivity (Wildman–Crippen MR) is 135 cm³/mol. The molecule has 2 aromatic rings. The van der Waals surface area contributed by atoms with Crippen LogP contribution in [0.5, 0.6) is 0 Å². The van der Waals surface area contributed by atoms with Gasteiger partial charge in [0.15, 0.2) is 0 Å². The van der Waals surface area contributed by atoms with Crippen LogP contribution >= 0.6 is 0 Å². The average Bonchev–Trinajstić information content (AvgIpc) is 2.88. The summed E-state index contributed by atoms with van der Waals surface area (Å²) in [6.45, 7) is 1.98. The number of allylic oxidation sites excluding steroid dienone is 1. The van der Waals surface area contributed by atoms with Crippen LogP contribution in [0.3, 0.4) is 0 Å². The van der Waals surface area contributed by atoms with E-state index in [9.17, 15) is 18.0 Å². The van der Waals surface area contributed by atoms with E-state index >= 15 is 0 Å². The summed E-state index contributed by atoms with van der Waals surface area (Å²) in [5, 5.41) is 2.94. The smallest absolute Gasteiger partial charge is 0.247 e. The molecule has 2 aromatic carbocycles. The molecule has 1 fully saturated rings. The number of amides is 2. The van der Waals surface area contributed by atoms with Gasteiger partial charge in [0.05, 0.1) is 11.4 Å². The quantitative estimate of drug-likeness (QED) is 0.568. The van der Waals surface area contributed by atoms with Crippen LogP contribution in [0.1, 0.15) is 44.6 Å². The van der Waals surface area contributed by atoms with Crippen molar-refractivity contribution in [2.24, 2.45) is 0 Å². The van der Waals surface area contributed by atoms with E-state index in [-0.39, 0.29) is 29.8 Å². The zero-order valence-corrected chi connectivity index (χ0v) is 21.0. The molecule has 4 rings (SSSR count). The lowest BCUT2D eigenvalue weighted by molar-refractivity contribution is -0.152. The minimum absolute atomic E-state index is 0.102. The highest BCUT2D eigenvalue weighted by Gasteiger charge is 2.50. The fourth-order valence-electron chi connectivity index (χ4n) is 4.83. The van der Waals surface area contributed by atoms with Crippen LogP contribution in [0.4, 0.5) is 0 Å². The third-order valence-corrected chi connectivity index (χ3v) is 8.71. The zero-order valence-electron chi connectivity index (χ0n) is 20.2. The van der Waals surface area contributed by atoms with Gasteiger partial charge in [-0.1, -0.05) is 60.2 Å². The van der Waals surface area contributed by atoms with Crippen molar-refractivity contribution >= 4 is 21.8 Å². The number of hydrogen-bond acceptors (Lipinski definition) is 4. The topological polar surface area (TPSA) is 86.8 Å². The normalized spacial score (nSPS) is 21.5. The molecule has 2 amide bonds. The Hall–Kier alpha value is -2.97. The fraction of sp³-hybridized carbons (Fsp3) is 0.407. The van der Waals surface area contributed by atoms with Crippen LogP contribution in [-0.4, -0.2) is 54.6 Å². The second-order valence-electron chi connectivity index (χ2n) is 9.43. The van der Waals surface area contributed by atoms with Crippen molar-refractivity contribution in [1.29, 1.82) is 0 Å². The van der Waals surface area contributed by atoms with Crippen molar-refractivity contribution in [3.8, 4) is 0 Å². The molecule has 1 atom stereocenters. The van der Waals surface area contributed by atoms with E-state index in [1.165, 1.54) is 24.1 Å². The first-order valence-corrected chi connectivity index (χ1v) is 13.6. The molecule has 1 saturated heterocycles. The van der Waals surface area contributed by atoms with Crippen LogP contribution < -0.4 is 5.32 Å². The summed E-state index contributed by atoms with van der Waals surface area (Å²) in [5.41, 5.74) is 0.899. The molecule has 1 heterocycles. The van der Waals surface area contributed by atoms with Gasteiger partial charge >= 0.3 is 0 Å². The molecule has 8 heteroatoms. The molecule has 0 spiro atoms. The highest BCUT2D eigenvalue weighted by Crippen LogP contribution is 2.29. The molecule has 1 aliphatic carbocycles. The maximum Gasteiger partial charge on any atom is 0.247 e. The summed E-state index contributed by atoms with van der Waals surface area (Å²) in [7, 11) is -3.93. The number of hydrogen-bond donors (Lipinski definition) is 1. The summed E-state index contributed by atoms with van der Waals surface area (Å²) in [4.78, 5) is 28.6. The van der Waals surface area contributed by atoms with E-state index in [0.717, 1.165) is 29.1 Å². The van der Waals surface area contributed by atoms with Crippen LogP contribution in [-0.2, 0) is 26.2 Å². The van der Waals surface area contributed by atoms with E-state index in [1.54, 1.807) is 30.0 Å². The first-order valence-electron chi connectivity index (χ1n) is 12.2. The number of carbonyl (C=O) groups is 2. The Balaban J connectivity index is 1.59. The molecule has 0 bridgehead atoms. The Bertz CT molecular complexity index is 1180. The number of piperazine rings is 1. The van der Waals surface area contributed by atoms with E-state index in [0.29, 0.717) is 19.5 Å². The van der Waals surface area contributed by atoms with Gasteiger partial charge in [-0.25, -0.2) is 8.42 Å². The summed E-state index contributed by atoms with van der Waals surface area (Å²) in [6.07, 6.45) is 7.29. The van der Waals surface area contributed by atoms with Crippen molar-refractivity contribution in [1.82, 2.24) is 14.5 Å². The molecule has 0 saturated carbocycles. The molecule has 1 N–H and O–H groups in total. The Labute approximate surface area is 207 Å². The van der Waals surface area contributed by atoms with E-state index < -0.39 is 15.6 Å². The minimum Gasteiger partial charge on any atom is -0.350 e. The fourth-order valence-corrected chi connectivity index (χ4v) is 6.33. The van der Waals surface area contributed by atoms with Gasteiger partial charge in [0.25, 0.3) is 0 Å². The van der Waals surface area contributed by atoms with Crippen LogP contribution in [0.2, 0.25) is 0 Å². The van der Waals surface area contributed by atoms with Crippen LogP contribution in [0, 0.1) is 0 Å². The van der Waals surface area contributed by atoms with E-state index in [1.807, 2.05) is 30.3 Å². The van der Waals surface area contributed by atoms with E-state index in [2.05, 4.69) is 11.4 Å². The Kier molecular flexibility index (Phi) is 7.72. The second kappa shape index (κ2) is 10.7. The average molecular weight is 496 g/mol. The Morgan fingerprint density at radius 1 is 1.03 bits per heavy atom. The number of rotatable bonds is 8. The summed E-state index contributed by atoms with van der Waals surface area (Å²) >= 11 is 0.